The summed E-state index contributed by atoms with van der Waals surface area (Å²) in [7, 11) is 0. The molecule has 1 heteroatoms. The van der Waals surface area contributed by atoms with Crippen molar-refractivity contribution in [2.24, 2.45) is 5.92 Å². The van der Waals surface area contributed by atoms with Gasteiger partial charge >= 0.3 is 0 Å². The first kappa shape index (κ1) is 24.2. The van der Waals surface area contributed by atoms with Crippen LogP contribution in [0.3, 0.4) is 0 Å². The number of hydrogen-bond donors (Lipinski definition) is 0. The number of hydrogen-bond acceptors (Lipinski definition) is 1. The van der Waals surface area contributed by atoms with Gasteiger partial charge in [-0.2, -0.15) is 0 Å². The molecule has 0 bridgehead atoms. The maximum absolute atomic E-state index is 6.49. The molecule has 0 amide bonds. The van der Waals surface area contributed by atoms with Crippen LogP contribution < -0.4 is 0 Å². The van der Waals surface area contributed by atoms with E-state index in [0.717, 1.165) is 11.2 Å². The van der Waals surface area contributed by atoms with Crippen LogP contribution in [0, 0.1) is 5.92 Å². The van der Waals surface area contributed by atoms with E-state index in [1.165, 1.54) is 66.1 Å². The quantitative estimate of drug-likeness (QED) is 0.214. The van der Waals surface area contributed by atoms with Crippen molar-refractivity contribution in [3.63, 3.8) is 0 Å². The average molecular weight is 549 g/mol. The van der Waals surface area contributed by atoms with Crippen molar-refractivity contribution in [2.45, 2.75) is 5.92 Å². The molecule has 1 nitrogen and oxygen atoms in total. The zero-order valence-corrected chi connectivity index (χ0v) is 23.6. The molecule has 1 aromatic heterocycles. The van der Waals surface area contributed by atoms with Crippen molar-refractivity contribution in [1.29, 1.82) is 0 Å². The maximum atomic E-state index is 6.49. The highest BCUT2D eigenvalue weighted by Crippen LogP contribution is 2.54. The van der Waals surface area contributed by atoms with Gasteiger partial charge in [0, 0.05) is 22.6 Å². The zero-order valence-electron chi connectivity index (χ0n) is 23.6. The average Bonchev–Trinajstić information content (AvgIpc) is 3.46. The van der Waals surface area contributed by atoms with Gasteiger partial charge in [-0.05, 0) is 73.5 Å². The van der Waals surface area contributed by atoms with Crippen LogP contribution in [0.2, 0.25) is 0 Å². The molecular formula is C42H28O. The fraction of sp³-hybridized carbons (Fsp3) is 0.0476. The van der Waals surface area contributed by atoms with Crippen LogP contribution in [0.1, 0.15) is 28.2 Å². The Bertz CT molecular complexity index is 2290. The van der Waals surface area contributed by atoms with Crippen LogP contribution in [0.15, 0.2) is 168 Å². The lowest BCUT2D eigenvalue weighted by atomic mass is 9.65. The predicted molar refractivity (Wildman–Crippen MR) is 179 cm³/mol. The van der Waals surface area contributed by atoms with E-state index in [1.807, 2.05) is 0 Å². The van der Waals surface area contributed by atoms with Crippen molar-refractivity contribution in [3.8, 4) is 11.1 Å². The Morgan fingerprint density at radius 3 is 2.26 bits per heavy atom. The van der Waals surface area contributed by atoms with E-state index in [-0.39, 0.29) is 11.8 Å². The van der Waals surface area contributed by atoms with E-state index >= 15 is 0 Å². The SMILES string of the molecule is C1=CC2=C(c3ccc4ccccc4c3)c3ccccc3C(c3c(-c4ccccc4)ccc4oc5ccccc5c34)C2C=C1. The molecule has 202 valence electrons. The summed E-state index contributed by atoms with van der Waals surface area (Å²) >= 11 is 0. The number of benzene rings is 6. The second kappa shape index (κ2) is 9.58. The number of allylic oxidation sites excluding steroid dienone is 5. The van der Waals surface area contributed by atoms with Gasteiger partial charge in [0.2, 0.25) is 0 Å². The summed E-state index contributed by atoms with van der Waals surface area (Å²) < 4.78 is 6.49. The first-order chi connectivity index (χ1) is 21.3. The highest BCUT2D eigenvalue weighted by molar-refractivity contribution is 6.09. The third-order valence-corrected chi connectivity index (χ3v) is 9.29. The van der Waals surface area contributed by atoms with Crippen LogP contribution in [-0.4, -0.2) is 0 Å². The van der Waals surface area contributed by atoms with Crippen LogP contribution >= 0.6 is 0 Å². The Labute approximate surface area is 250 Å². The lowest BCUT2D eigenvalue weighted by Crippen LogP contribution is -2.23. The minimum absolute atomic E-state index is 0.108. The molecule has 9 rings (SSSR count). The van der Waals surface area contributed by atoms with Gasteiger partial charge in [0.1, 0.15) is 11.2 Å². The second-order valence-electron chi connectivity index (χ2n) is 11.6. The molecule has 1 heterocycles. The molecule has 2 unspecified atom stereocenters. The van der Waals surface area contributed by atoms with Gasteiger partial charge in [-0.1, -0.05) is 140 Å². The molecule has 2 aliphatic rings. The van der Waals surface area contributed by atoms with Crippen molar-refractivity contribution >= 4 is 38.3 Å². The summed E-state index contributed by atoms with van der Waals surface area (Å²) in [6.45, 7) is 0. The first-order valence-corrected chi connectivity index (χ1v) is 15.0. The Balaban J connectivity index is 1.38. The van der Waals surface area contributed by atoms with Crippen LogP contribution in [-0.2, 0) is 0 Å². The molecule has 0 spiro atoms. The van der Waals surface area contributed by atoms with Gasteiger partial charge in [0.25, 0.3) is 0 Å². The lowest BCUT2D eigenvalue weighted by Gasteiger charge is -2.38. The van der Waals surface area contributed by atoms with Crippen molar-refractivity contribution < 1.29 is 4.42 Å². The first-order valence-electron chi connectivity index (χ1n) is 15.0. The van der Waals surface area contributed by atoms with E-state index in [1.54, 1.807) is 0 Å². The molecule has 43 heavy (non-hydrogen) atoms. The summed E-state index contributed by atoms with van der Waals surface area (Å²) in [6.07, 6.45) is 9.17. The Hall–Kier alpha value is -5.40. The molecule has 6 aromatic carbocycles. The largest absolute Gasteiger partial charge is 0.456 e. The van der Waals surface area contributed by atoms with E-state index in [0.29, 0.717) is 0 Å². The topological polar surface area (TPSA) is 13.1 Å². The summed E-state index contributed by atoms with van der Waals surface area (Å²) in [5.74, 6) is 0.277. The van der Waals surface area contributed by atoms with Gasteiger partial charge < -0.3 is 4.42 Å². The van der Waals surface area contributed by atoms with Crippen LogP contribution in [0.5, 0.6) is 0 Å². The molecule has 0 aliphatic heterocycles. The molecular weight excluding hydrogens is 520 g/mol. The number of rotatable bonds is 3. The fourth-order valence-electron chi connectivity index (χ4n) is 7.48. The molecule has 2 aliphatic carbocycles. The van der Waals surface area contributed by atoms with E-state index < -0.39 is 0 Å². The summed E-state index contributed by atoms with van der Waals surface area (Å²) in [5, 5.41) is 4.92. The lowest BCUT2D eigenvalue weighted by molar-refractivity contribution is 0.650. The third kappa shape index (κ3) is 3.72. The van der Waals surface area contributed by atoms with Gasteiger partial charge in [-0.3, -0.25) is 0 Å². The van der Waals surface area contributed by atoms with E-state index in [2.05, 4.69) is 158 Å². The predicted octanol–water partition coefficient (Wildman–Crippen LogP) is 11.1. The molecule has 0 saturated heterocycles. The molecule has 2 atom stereocenters. The summed E-state index contributed by atoms with van der Waals surface area (Å²) in [5.41, 5.74) is 12.3. The highest BCUT2D eigenvalue weighted by atomic mass is 16.3. The normalized spacial score (nSPS) is 17.5. The van der Waals surface area contributed by atoms with E-state index in [4.69, 9.17) is 4.42 Å². The zero-order chi connectivity index (χ0) is 28.3. The summed E-state index contributed by atoms with van der Waals surface area (Å²) in [6, 6.07) is 48.3. The monoisotopic (exact) mass is 548 g/mol. The Morgan fingerprint density at radius 1 is 0.535 bits per heavy atom. The molecule has 0 fully saturated rings. The third-order valence-electron chi connectivity index (χ3n) is 9.29. The van der Waals surface area contributed by atoms with Crippen LogP contribution in [0.25, 0.3) is 49.4 Å². The molecule has 7 aromatic rings. The molecule has 0 N–H and O–H groups in total. The van der Waals surface area contributed by atoms with Crippen molar-refractivity contribution in [1.82, 2.24) is 0 Å². The van der Waals surface area contributed by atoms with Crippen molar-refractivity contribution in [2.75, 3.05) is 0 Å². The minimum Gasteiger partial charge on any atom is -0.456 e. The highest BCUT2D eigenvalue weighted by Gasteiger charge is 2.38. The van der Waals surface area contributed by atoms with Gasteiger partial charge in [-0.25, -0.2) is 0 Å². The molecule has 0 saturated carbocycles. The summed E-state index contributed by atoms with van der Waals surface area (Å²) in [4.78, 5) is 0. The smallest absolute Gasteiger partial charge is 0.135 e. The number of furan rings is 1. The van der Waals surface area contributed by atoms with Gasteiger partial charge in [0.15, 0.2) is 0 Å². The van der Waals surface area contributed by atoms with Crippen molar-refractivity contribution in [3.05, 3.63) is 186 Å². The fourth-order valence-corrected chi connectivity index (χ4v) is 7.48. The Morgan fingerprint density at radius 2 is 1.33 bits per heavy atom. The van der Waals surface area contributed by atoms with Gasteiger partial charge in [-0.15, -0.1) is 0 Å². The standard InChI is InChI=1S/C42H28O/c1-2-13-28(14-3-1)31-24-25-38-41(36-20-10-11-21-37(36)43-38)42(31)40-34-18-8-6-16-32(34)39(33-17-7-9-19-35(33)40)30-23-22-27-12-4-5-15-29(27)26-30/h1-26,34,40H. The second-order valence-corrected chi connectivity index (χ2v) is 11.6. The number of para-hydroxylation sites is 1. The minimum atomic E-state index is 0.108. The molecule has 0 radical (unpaired) electrons. The van der Waals surface area contributed by atoms with E-state index in [9.17, 15) is 0 Å². The number of fused-ring (bicyclic) bond motifs is 6. The van der Waals surface area contributed by atoms with Crippen LogP contribution in [0.4, 0.5) is 0 Å². The van der Waals surface area contributed by atoms with Gasteiger partial charge in [0.05, 0.1) is 0 Å². The Kier molecular flexibility index (Phi) is 5.39. The maximum Gasteiger partial charge on any atom is 0.135 e.